The van der Waals surface area contributed by atoms with Gasteiger partial charge in [0.05, 0.1) is 12.5 Å². The number of nitrogens with two attached hydrogens (primary N) is 1. The van der Waals surface area contributed by atoms with Gasteiger partial charge in [0.1, 0.15) is 6.04 Å². The number of aliphatic hydroxyl groups excluding tert-OH is 1. The molecule has 0 aromatic rings. The molecule has 3 atom stereocenters. The van der Waals surface area contributed by atoms with Crippen molar-refractivity contribution in [1.82, 2.24) is 10.2 Å². The fraction of sp³-hybridized carbons (Fsp3) is 0.727. The third-order valence-electron chi connectivity index (χ3n) is 3.20. The Hall–Kier alpha value is -1.83. The molecule has 0 saturated carbocycles. The lowest BCUT2D eigenvalue weighted by molar-refractivity contribution is -0.140. The molecule has 5 N–H and O–H groups in total. The van der Waals surface area contributed by atoms with Crippen LogP contribution in [0.15, 0.2) is 0 Å². The molecule has 108 valence electrons. The van der Waals surface area contributed by atoms with Crippen molar-refractivity contribution in [1.29, 1.82) is 0 Å². The van der Waals surface area contributed by atoms with Crippen LogP contribution in [0.4, 0.5) is 4.79 Å². The summed E-state index contributed by atoms with van der Waals surface area (Å²) in [5.74, 6) is -2.11. The van der Waals surface area contributed by atoms with E-state index in [4.69, 9.17) is 10.8 Å². The number of aliphatic carboxylic acids is 1. The highest BCUT2D eigenvalue weighted by Crippen LogP contribution is 2.19. The quantitative estimate of drug-likeness (QED) is 0.495. The first kappa shape index (κ1) is 15.2. The van der Waals surface area contributed by atoms with E-state index in [1.165, 1.54) is 4.90 Å². The third-order valence-corrected chi connectivity index (χ3v) is 3.20. The summed E-state index contributed by atoms with van der Waals surface area (Å²) in [4.78, 5) is 34.8. The van der Waals surface area contributed by atoms with Crippen molar-refractivity contribution in [2.75, 3.05) is 13.1 Å². The molecule has 1 aliphatic heterocycles. The van der Waals surface area contributed by atoms with Crippen LogP contribution in [0, 0.1) is 5.92 Å². The van der Waals surface area contributed by atoms with E-state index in [1.54, 1.807) is 6.92 Å². The van der Waals surface area contributed by atoms with E-state index < -0.39 is 36.5 Å². The lowest BCUT2D eigenvalue weighted by atomic mass is 10.0. The number of nitrogens with zero attached hydrogens (tertiary/aromatic N) is 1. The number of amides is 3. The van der Waals surface area contributed by atoms with Gasteiger partial charge in [0.2, 0.25) is 5.91 Å². The molecule has 19 heavy (non-hydrogen) atoms. The smallest absolute Gasteiger partial charge is 0.326 e. The van der Waals surface area contributed by atoms with E-state index >= 15 is 0 Å². The second kappa shape index (κ2) is 6.37. The fourth-order valence-electron chi connectivity index (χ4n) is 2.01. The van der Waals surface area contributed by atoms with Crippen molar-refractivity contribution >= 4 is 17.9 Å². The predicted octanol–water partition coefficient (Wildman–Crippen LogP) is -1.27. The van der Waals surface area contributed by atoms with Crippen LogP contribution in [0.3, 0.4) is 0 Å². The van der Waals surface area contributed by atoms with E-state index in [2.05, 4.69) is 5.32 Å². The van der Waals surface area contributed by atoms with Gasteiger partial charge in [-0.15, -0.1) is 0 Å². The maximum absolute atomic E-state index is 11.8. The molecule has 0 aliphatic carbocycles. The van der Waals surface area contributed by atoms with Crippen molar-refractivity contribution in [3.05, 3.63) is 0 Å². The Morgan fingerprint density at radius 1 is 1.47 bits per heavy atom. The van der Waals surface area contributed by atoms with Crippen LogP contribution in [0.25, 0.3) is 0 Å². The molecule has 0 aromatic carbocycles. The highest BCUT2D eigenvalue weighted by atomic mass is 16.4. The zero-order valence-corrected chi connectivity index (χ0v) is 10.7. The van der Waals surface area contributed by atoms with Crippen LogP contribution in [0.1, 0.15) is 19.8 Å². The van der Waals surface area contributed by atoms with Gasteiger partial charge in [-0.1, -0.05) is 0 Å². The van der Waals surface area contributed by atoms with Crippen molar-refractivity contribution in [3.8, 4) is 0 Å². The standard InChI is InChI=1S/C11H19N3O5/c1-6(15)7-2-3-14(5-7)11(19)13-8(10(17)18)4-9(12)16/h6-8,15H,2-5H2,1H3,(H2,12,16)(H,13,19)(H,17,18)/t6?,7?,8-/m1/s1. The number of hydrogen-bond acceptors (Lipinski definition) is 4. The average Bonchev–Trinajstić information content (AvgIpc) is 2.76. The lowest BCUT2D eigenvalue weighted by Crippen LogP contribution is -2.48. The molecular weight excluding hydrogens is 254 g/mol. The van der Waals surface area contributed by atoms with Gasteiger partial charge in [-0.05, 0) is 13.3 Å². The molecule has 0 bridgehead atoms. The SMILES string of the molecule is CC(O)C1CCN(C(=O)N[C@H](CC(N)=O)C(=O)O)C1. The topological polar surface area (TPSA) is 133 Å². The van der Waals surface area contributed by atoms with Crippen molar-refractivity contribution in [2.45, 2.75) is 31.9 Å². The number of hydrogen-bond donors (Lipinski definition) is 4. The van der Waals surface area contributed by atoms with E-state index in [-0.39, 0.29) is 5.92 Å². The van der Waals surface area contributed by atoms with Gasteiger partial charge in [0.25, 0.3) is 0 Å². The molecule has 1 heterocycles. The minimum atomic E-state index is -1.32. The molecule has 1 saturated heterocycles. The Morgan fingerprint density at radius 3 is 2.53 bits per heavy atom. The number of urea groups is 1. The van der Waals surface area contributed by atoms with Gasteiger partial charge in [-0.2, -0.15) is 0 Å². The fourth-order valence-corrected chi connectivity index (χ4v) is 2.01. The Balaban J connectivity index is 2.54. The van der Waals surface area contributed by atoms with Crippen molar-refractivity contribution in [3.63, 3.8) is 0 Å². The van der Waals surface area contributed by atoms with Crippen LogP contribution in [-0.4, -0.2) is 58.3 Å². The third kappa shape index (κ3) is 4.40. The number of aliphatic hydroxyl groups is 1. The molecule has 0 spiro atoms. The summed E-state index contributed by atoms with van der Waals surface area (Å²) >= 11 is 0. The van der Waals surface area contributed by atoms with Crippen LogP contribution in [-0.2, 0) is 9.59 Å². The zero-order chi connectivity index (χ0) is 14.6. The number of rotatable bonds is 5. The average molecular weight is 273 g/mol. The first-order chi connectivity index (χ1) is 8.81. The minimum absolute atomic E-state index is 0.00910. The number of likely N-dealkylation sites (tertiary alicyclic amines) is 1. The first-order valence-electron chi connectivity index (χ1n) is 6.06. The summed E-state index contributed by atoms with van der Waals surface area (Å²) in [6.45, 7) is 2.47. The van der Waals surface area contributed by atoms with E-state index in [9.17, 15) is 19.5 Å². The number of carboxylic acid groups (broad SMARTS) is 1. The number of carbonyl (C=O) groups excluding carboxylic acids is 2. The maximum atomic E-state index is 11.8. The zero-order valence-electron chi connectivity index (χ0n) is 10.7. The van der Waals surface area contributed by atoms with E-state index in [0.29, 0.717) is 19.5 Å². The van der Waals surface area contributed by atoms with Gasteiger partial charge in [0, 0.05) is 19.0 Å². The second-order valence-electron chi connectivity index (χ2n) is 4.75. The Labute approximate surface area is 110 Å². The number of primary amides is 1. The Bertz CT molecular complexity index is 371. The number of nitrogens with one attached hydrogen (secondary N) is 1. The summed E-state index contributed by atoms with van der Waals surface area (Å²) in [5.41, 5.74) is 4.92. The van der Waals surface area contributed by atoms with Gasteiger partial charge in [-0.3, -0.25) is 4.79 Å². The molecule has 3 amide bonds. The molecule has 1 rings (SSSR count). The largest absolute Gasteiger partial charge is 0.480 e. The predicted molar refractivity (Wildman–Crippen MR) is 65.1 cm³/mol. The van der Waals surface area contributed by atoms with Gasteiger partial charge in [-0.25, -0.2) is 9.59 Å². The molecule has 1 fully saturated rings. The van der Waals surface area contributed by atoms with Crippen LogP contribution in [0.2, 0.25) is 0 Å². The Morgan fingerprint density at radius 2 is 2.11 bits per heavy atom. The maximum Gasteiger partial charge on any atom is 0.326 e. The molecule has 0 radical (unpaired) electrons. The highest BCUT2D eigenvalue weighted by molar-refractivity contribution is 5.87. The summed E-state index contributed by atoms with van der Waals surface area (Å²) in [5, 5.41) is 20.6. The highest BCUT2D eigenvalue weighted by Gasteiger charge is 2.31. The first-order valence-corrected chi connectivity index (χ1v) is 6.06. The molecule has 8 heteroatoms. The summed E-state index contributed by atoms with van der Waals surface area (Å²) in [6, 6.07) is -1.88. The summed E-state index contributed by atoms with van der Waals surface area (Å²) < 4.78 is 0. The van der Waals surface area contributed by atoms with Gasteiger partial charge >= 0.3 is 12.0 Å². The summed E-state index contributed by atoms with van der Waals surface area (Å²) in [6.07, 6.45) is -0.299. The lowest BCUT2D eigenvalue weighted by Gasteiger charge is -2.21. The second-order valence-corrected chi connectivity index (χ2v) is 4.75. The van der Waals surface area contributed by atoms with Crippen molar-refractivity contribution < 1.29 is 24.6 Å². The normalized spacial score (nSPS) is 21.8. The van der Waals surface area contributed by atoms with Gasteiger partial charge in [0.15, 0.2) is 0 Å². The van der Waals surface area contributed by atoms with E-state index in [0.717, 1.165) is 0 Å². The monoisotopic (exact) mass is 273 g/mol. The van der Waals surface area contributed by atoms with Crippen LogP contribution < -0.4 is 11.1 Å². The number of carbonyl (C=O) groups is 3. The molecule has 8 nitrogen and oxygen atoms in total. The molecular formula is C11H19N3O5. The molecule has 2 unspecified atom stereocenters. The minimum Gasteiger partial charge on any atom is -0.480 e. The molecule has 0 aromatic heterocycles. The Kier molecular flexibility index (Phi) is 5.11. The van der Waals surface area contributed by atoms with Crippen LogP contribution >= 0.6 is 0 Å². The summed E-state index contributed by atoms with van der Waals surface area (Å²) in [7, 11) is 0. The van der Waals surface area contributed by atoms with E-state index in [1.807, 2.05) is 0 Å². The molecule has 1 aliphatic rings. The van der Waals surface area contributed by atoms with Gasteiger partial charge < -0.3 is 26.2 Å². The van der Waals surface area contributed by atoms with Crippen molar-refractivity contribution in [2.24, 2.45) is 11.7 Å². The number of carboxylic acids is 1. The van der Waals surface area contributed by atoms with Crippen LogP contribution in [0.5, 0.6) is 0 Å².